The van der Waals surface area contributed by atoms with Gasteiger partial charge in [-0.3, -0.25) is 9.59 Å². The van der Waals surface area contributed by atoms with Crippen molar-refractivity contribution in [3.05, 3.63) is 89.5 Å². The van der Waals surface area contributed by atoms with Crippen LogP contribution in [0.5, 0.6) is 17.2 Å². The first-order valence-corrected chi connectivity index (χ1v) is 17.4. The molecule has 3 N–H and O–H groups in total. The quantitative estimate of drug-likeness (QED) is 0.0950. The number of rotatable bonds is 18. The van der Waals surface area contributed by atoms with Crippen LogP contribution in [0.3, 0.4) is 0 Å². The average Bonchev–Trinajstić information content (AvgIpc) is 3.66. The number of carboxylic acid groups (broad SMARTS) is 1. The monoisotopic (exact) mass is 730 g/mol. The summed E-state index contributed by atoms with van der Waals surface area (Å²) in [6.45, 7) is 3.02. The molecule has 0 radical (unpaired) electrons. The van der Waals surface area contributed by atoms with Crippen molar-refractivity contribution in [1.29, 1.82) is 0 Å². The Balaban J connectivity index is 0.000000944. The number of halogens is 3. The Bertz CT molecular complexity index is 1530. The number of benzene rings is 3. The number of nitrogens with zero attached hydrogens (tertiary/aromatic N) is 2. The van der Waals surface area contributed by atoms with Crippen LogP contribution in [0.15, 0.2) is 72.8 Å². The van der Waals surface area contributed by atoms with Gasteiger partial charge < -0.3 is 34.6 Å². The molecule has 13 heteroatoms. The molecule has 3 aromatic carbocycles. The third-order valence-corrected chi connectivity index (χ3v) is 8.94. The number of hydrogen-bond donors (Lipinski definition) is 3. The fraction of sp³-hybridized carbons (Fsp3) is 0.462. The van der Waals surface area contributed by atoms with E-state index in [1.807, 2.05) is 17.0 Å². The molecule has 2 atom stereocenters. The molecular weight excluding hydrogens is 681 g/mol. The van der Waals surface area contributed by atoms with E-state index >= 15 is 0 Å². The number of aromatic hydroxyl groups is 1. The number of aliphatic hydroxyl groups is 1. The van der Waals surface area contributed by atoms with Crippen molar-refractivity contribution in [1.82, 2.24) is 9.80 Å². The molecule has 284 valence electrons. The molecule has 0 spiro atoms. The molecule has 10 nitrogen and oxygen atoms in total. The van der Waals surface area contributed by atoms with Gasteiger partial charge in [0.2, 0.25) is 5.91 Å². The highest BCUT2D eigenvalue weighted by atomic mass is 19.4. The molecule has 1 aliphatic rings. The summed E-state index contributed by atoms with van der Waals surface area (Å²) >= 11 is 0. The number of likely N-dealkylation sites (tertiary alicyclic amines) is 1. The van der Waals surface area contributed by atoms with Crippen LogP contribution in [0, 0.1) is 0 Å². The Morgan fingerprint density at radius 1 is 0.808 bits per heavy atom. The SMILES string of the molecule is COc1ccc(CCCCN(C(=O)CCCCC(=O)c2ccc(OC)cc2)[C@H](CN2CCCC2)[C@H](O)c2ccc(O)cc2)cc1.O=C(O)C(F)(F)F. The Hall–Kier alpha value is -4.62. The number of ether oxygens (including phenoxy) is 2. The van der Waals surface area contributed by atoms with Crippen LogP contribution in [0.1, 0.15) is 79.0 Å². The second kappa shape index (κ2) is 21.0. The number of Topliss-reactive ketones (excluding diaryl/α,β-unsaturated/α-hetero) is 1. The molecule has 52 heavy (non-hydrogen) atoms. The molecule has 0 unspecified atom stereocenters. The van der Waals surface area contributed by atoms with Crippen molar-refractivity contribution in [3.8, 4) is 17.2 Å². The summed E-state index contributed by atoms with van der Waals surface area (Å²) in [6.07, 6.45) is 0.714. The lowest BCUT2D eigenvalue weighted by atomic mass is 9.98. The van der Waals surface area contributed by atoms with Gasteiger partial charge in [0.15, 0.2) is 5.78 Å². The van der Waals surface area contributed by atoms with E-state index in [1.165, 1.54) is 5.56 Å². The standard InChI is InChI=1S/C37H48N2O6.C2HF3O2/c1-44-32-20-12-28(13-21-32)9-5-6-26-39(36(42)11-4-3-10-35(41)29-16-22-33(45-2)23-17-29)34(27-38-24-7-8-25-38)37(43)30-14-18-31(40)19-15-30;3-2(4,5)1(6)7/h12-23,34,37,40,43H,3-11,24-27H2,1-2H3;(H,6,7)/t34-,37-;/m1./s1. The molecule has 1 heterocycles. The van der Waals surface area contributed by atoms with Gasteiger partial charge in [0.25, 0.3) is 0 Å². The minimum Gasteiger partial charge on any atom is -0.508 e. The molecule has 1 amide bonds. The summed E-state index contributed by atoms with van der Waals surface area (Å²) in [5.41, 5.74) is 2.54. The van der Waals surface area contributed by atoms with Crippen LogP contribution in [0.2, 0.25) is 0 Å². The predicted octanol–water partition coefficient (Wildman–Crippen LogP) is 6.84. The highest BCUT2D eigenvalue weighted by Gasteiger charge is 2.38. The van der Waals surface area contributed by atoms with E-state index in [0.717, 1.165) is 50.9 Å². The molecule has 0 aromatic heterocycles. The van der Waals surface area contributed by atoms with Crippen molar-refractivity contribution in [2.45, 2.75) is 76.1 Å². The second-order valence-electron chi connectivity index (χ2n) is 12.7. The smallest absolute Gasteiger partial charge is 0.490 e. The molecule has 3 aromatic rings. The van der Waals surface area contributed by atoms with Crippen LogP contribution in [0.25, 0.3) is 0 Å². The number of aryl methyl sites for hydroxylation is 1. The van der Waals surface area contributed by atoms with Gasteiger partial charge in [0.05, 0.1) is 20.3 Å². The highest BCUT2D eigenvalue weighted by Crippen LogP contribution is 2.27. The van der Waals surface area contributed by atoms with Crippen molar-refractivity contribution in [2.75, 3.05) is 40.4 Å². The summed E-state index contributed by atoms with van der Waals surface area (Å²) < 4.78 is 42.2. The number of aliphatic carboxylic acids is 1. The van der Waals surface area contributed by atoms with Gasteiger partial charge >= 0.3 is 12.1 Å². The van der Waals surface area contributed by atoms with E-state index in [2.05, 4.69) is 17.0 Å². The van der Waals surface area contributed by atoms with Gasteiger partial charge in [0, 0.05) is 31.5 Å². The van der Waals surface area contributed by atoms with Crippen molar-refractivity contribution < 1.29 is 52.3 Å². The molecular formula is C39H49F3N2O8. The maximum atomic E-state index is 13.9. The van der Waals surface area contributed by atoms with Gasteiger partial charge in [-0.2, -0.15) is 13.2 Å². The molecule has 0 aliphatic carbocycles. The van der Waals surface area contributed by atoms with E-state index < -0.39 is 24.3 Å². The van der Waals surface area contributed by atoms with Crippen LogP contribution < -0.4 is 9.47 Å². The van der Waals surface area contributed by atoms with Crippen molar-refractivity contribution >= 4 is 17.7 Å². The largest absolute Gasteiger partial charge is 0.508 e. The topological polar surface area (TPSA) is 137 Å². The number of carboxylic acids is 1. The highest BCUT2D eigenvalue weighted by molar-refractivity contribution is 5.96. The van der Waals surface area contributed by atoms with Gasteiger partial charge in [-0.05, 0) is 118 Å². The molecule has 1 fully saturated rings. The Labute approximate surface area is 302 Å². The fourth-order valence-corrected chi connectivity index (χ4v) is 6.00. The summed E-state index contributed by atoms with van der Waals surface area (Å²) in [5.74, 6) is -1.04. The number of hydrogen-bond acceptors (Lipinski definition) is 8. The van der Waals surface area contributed by atoms with Crippen LogP contribution in [0.4, 0.5) is 13.2 Å². The van der Waals surface area contributed by atoms with E-state index in [1.54, 1.807) is 62.8 Å². The van der Waals surface area contributed by atoms with E-state index in [0.29, 0.717) is 55.6 Å². The number of carbonyl (C=O) groups excluding carboxylic acids is 2. The van der Waals surface area contributed by atoms with Crippen LogP contribution in [-0.4, -0.2) is 95.4 Å². The molecule has 1 saturated heterocycles. The number of ketones is 1. The van der Waals surface area contributed by atoms with Crippen LogP contribution in [-0.2, 0) is 16.0 Å². The van der Waals surface area contributed by atoms with Crippen LogP contribution >= 0.6 is 0 Å². The first-order valence-electron chi connectivity index (χ1n) is 17.4. The van der Waals surface area contributed by atoms with Crippen molar-refractivity contribution in [3.63, 3.8) is 0 Å². The van der Waals surface area contributed by atoms with E-state index in [4.69, 9.17) is 19.4 Å². The number of methoxy groups -OCH3 is 2. The number of alkyl halides is 3. The minimum absolute atomic E-state index is 0.00151. The zero-order valence-electron chi connectivity index (χ0n) is 29.7. The summed E-state index contributed by atoms with van der Waals surface area (Å²) in [6, 6.07) is 21.4. The Morgan fingerprint density at radius 3 is 1.88 bits per heavy atom. The first-order chi connectivity index (χ1) is 24.8. The third kappa shape index (κ3) is 13.8. The number of phenolic OH excluding ortho intramolecular Hbond substituents is 1. The molecule has 1 aliphatic heterocycles. The number of carbonyl (C=O) groups is 3. The van der Waals surface area contributed by atoms with E-state index in [9.17, 15) is 33.0 Å². The first kappa shape index (κ1) is 41.8. The lowest BCUT2D eigenvalue weighted by Gasteiger charge is -2.38. The normalized spacial score (nSPS) is 14.1. The van der Waals surface area contributed by atoms with Gasteiger partial charge in [-0.1, -0.05) is 24.3 Å². The second-order valence-corrected chi connectivity index (χ2v) is 12.7. The number of amides is 1. The summed E-state index contributed by atoms with van der Waals surface area (Å²) in [7, 11) is 3.25. The lowest BCUT2D eigenvalue weighted by molar-refractivity contribution is -0.192. The summed E-state index contributed by atoms with van der Waals surface area (Å²) in [5, 5.41) is 28.6. The number of phenols is 1. The van der Waals surface area contributed by atoms with Gasteiger partial charge in [-0.15, -0.1) is 0 Å². The minimum atomic E-state index is -5.08. The summed E-state index contributed by atoms with van der Waals surface area (Å²) in [4.78, 5) is 39.7. The number of aliphatic hydroxyl groups excluding tert-OH is 1. The molecule has 0 saturated carbocycles. The maximum Gasteiger partial charge on any atom is 0.490 e. The zero-order valence-corrected chi connectivity index (χ0v) is 29.7. The maximum absolute atomic E-state index is 13.9. The lowest BCUT2D eigenvalue weighted by Crippen LogP contribution is -2.50. The molecule has 4 rings (SSSR count). The van der Waals surface area contributed by atoms with Gasteiger partial charge in [0.1, 0.15) is 23.4 Å². The van der Waals surface area contributed by atoms with Gasteiger partial charge in [-0.25, -0.2) is 4.79 Å². The van der Waals surface area contributed by atoms with Crippen molar-refractivity contribution in [2.24, 2.45) is 0 Å². The Morgan fingerprint density at radius 2 is 1.35 bits per heavy atom. The fourth-order valence-electron chi connectivity index (χ4n) is 6.00. The molecule has 0 bridgehead atoms. The average molecular weight is 731 g/mol. The number of unbranched alkanes of at least 4 members (excludes halogenated alkanes) is 2. The predicted molar refractivity (Wildman–Crippen MR) is 190 cm³/mol. The Kier molecular flexibility index (Phi) is 16.9. The third-order valence-electron chi connectivity index (χ3n) is 8.94. The zero-order chi connectivity index (χ0) is 38.1. The van der Waals surface area contributed by atoms with E-state index in [-0.39, 0.29) is 17.4 Å².